The standard InChI is InChI=1S/C12H10Cl2N2O2/c1-2-5-15-7-11(17)16(12(15)18)8-3-4-9(13)10(14)6-8/h2-4,6H,1,5,7H2. The second-order valence-electron chi connectivity index (χ2n) is 3.78. The van der Waals surface area contributed by atoms with Crippen LogP contribution in [0.15, 0.2) is 30.9 Å². The van der Waals surface area contributed by atoms with Crippen LogP contribution in [0.5, 0.6) is 0 Å². The predicted octanol–water partition coefficient (Wildman–Crippen LogP) is 2.95. The van der Waals surface area contributed by atoms with E-state index >= 15 is 0 Å². The zero-order chi connectivity index (χ0) is 13.3. The summed E-state index contributed by atoms with van der Waals surface area (Å²) in [5, 5.41) is 0.680. The molecule has 1 saturated heterocycles. The summed E-state index contributed by atoms with van der Waals surface area (Å²) in [5.41, 5.74) is 0.422. The highest BCUT2D eigenvalue weighted by Crippen LogP contribution is 2.29. The SMILES string of the molecule is C=CCN1CC(=O)N(c2ccc(Cl)c(Cl)c2)C1=O. The van der Waals surface area contributed by atoms with Gasteiger partial charge >= 0.3 is 6.03 Å². The first-order valence-corrected chi connectivity index (χ1v) is 5.98. The monoisotopic (exact) mass is 284 g/mol. The maximum atomic E-state index is 12.0. The highest BCUT2D eigenvalue weighted by molar-refractivity contribution is 6.42. The van der Waals surface area contributed by atoms with Crippen molar-refractivity contribution in [3.63, 3.8) is 0 Å². The van der Waals surface area contributed by atoms with Gasteiger partial charge in [-0.15, -0.1) is 6.58 Å². The molecule has 4 nitrogen and oxygen atoms in total. The maximum absolute atomic E-state index is 12.0. The van der Waals surface area contributed by atoms with Gasteiger partial charge in [-0.2, -0.15) is 0 Å². The van der Waals surface area contributed by atoms with Gasteiger partial charge in [0.15, 0.2) is 0 Å². The molecular formula is C12H10Cl2N2O2. The van der Waals surface area contributed by atoms with E-state index in [2.05, 4.69) is 6.58 Å². The molecule has 18 heavy (non-hydrogen) atoms. The van der Waals surface area contributed by atoms with Crippen LogP contribution in [0.1, 0.15) is 0 Å². The molecule has 1 heterocycles. The molecule has 6 heteroatoms. The van der Waals surface area contributed by atoms with Gasteiger partial charge in [-0.1, -0.05) is 29.3 Å². The lowest BCUT2D eigenvalue weighted by Crippen LogP contribution is -2.33. The van der Waals surface area contributed by atoms with E-state index in [1.165, 1.54) is 11.0 Å². The number of hydrogen-bond acceptors (Lipinski definition) is 2. The average Bonchev–Trinajstić information content (AvgIpc) is 2.59. The van der Waals surface area contributed by atoms with E-state index < -0.39 is 0 Å². The third kappa shape index (κ3) is 2.21. The number of carbonyl (C=O) groups excluding carboxylic acids is 2. The van der Waals surface area contributed by atoms with Crippen LogP contribution < -0.4 is 4.90 Å². The van der Waals surface area contributed by atoms with Crippen LogP contribution >= 0.6 is 23.2 Å². The number of hydrogen-bond donors (Lipinski definition) is 0. The van der Waals surface area contributed by atoms with Gasteiger partial charge in [0, 0.05) is 6.54 Å². The Hall–Kier alpha value is -1.52. The largest absolute Gasteiger partial charge is 0.332 e. The number of amides is 3. The molecule has 1 fully saturated rings. The molecule has 2 rings (SSSR count). The van der Waals surface area contributed by atoms with Crippen molar-refractivity contribution in [2.75, 3.05) is 18.0 Å². The van der Waals surface area contributed by atoms with Gasteiger partial charge in [-0.05, 0) is 18.2 Å². The Morgan fingerprint density at radius 1 is 1.28 bits per heavy atom. The zero-order valence-corrected chi connectivity index (χ0v) is 10.9. The van der Waals surface area contributed by atoms with Gasteiger partial charge in [0.05, 0.1) is 15.7 Å². The van der Waals surface area contributed by atoms with E-state index in [0.29, 0.717) is 22.3 Å². The molecule has 0 radical (unpaired) electrons. The van der Waals surface area contributed by atoms with Crippen LogP contribution in [-0.2, 0) is 4.79 Å². The number of nitrogens with zero attached hydrogens (tertiary/aromatic N) is 2. The van der Waals surface area contributed by atoms with Gasteiger partial charge < -0.3 is 4.90 Å². The maximum Gasteiger partial charge on any atom is 0.332 e. The smallest absolute Gasteiger partial charge is 0.311 e. The molecule has 0 atom stereocenters. The molecule has 0 aliphatic carbocycles. The van der Waals surface area contributed by atoms with Gasteiger partial charge in [-0.25, -0.2) is 9.69 Å². The van der Waals surface area contributed by atoms with E-state index in [9.17, 15) is 9.59 Å². The third-order valence-corrected chi connectivity index (χ3v) is 3.29. The summed E-state index contributed by atoms with van der Waals surface area (Å²) in [6, 6.07) is 4.26. The topological polar surface area (TPSA) is 40.6 Å². The van der Waals surface area contributed by atoms with Gasteiger partial charge in [0.1, 0.15) is 6.54 Å². The first-order valence-electron chi connectivity index (χ1n) is 5.22. The summed E-state index contributed by atoms with van der Waals surface area (Å²) in [4.78, 5) is 26.3. The summed E-state index contributed by atoms with van der Waals surface area (Å²) in [7, 11) is 0. The van der Waals surface area contributed by atoms with Crippen molar-refractivity contribution < 1.29 is 9.59 Å². The minimum atomic E-state index is -0.377. The molecular weight excluding hydrogens is 275 g/mol. The second kappa shape index (κ2) is 5.00. The number of halogens is 2. The van der Waals surface area contributed by atoms with E-state index in [1.54, 1.807) is 18.2 Å². The van der Waals surface area contributed by atoms with Crippen molar-refractivity contribution in [2.24, 2.45) is 0 Å². The average molecular weight is 285 g/mol. The number of carbonyl (C=O) groups is 2. The van der Waals surface area contributed by atoms with Gasteiger partial charge in [0.25, 0.3) is 5.91 Å². The number of rotatable bonds is 3. The lowest BCUT2D eigenvalue weighted by molar-refractivity contribution is -0.116. The van der Waals surface area contributed by atoms with Crippen LogP contribution in [-0.4, -0.2) is 29.9 Å². The molecule has 3 amide bonds. The first-order chi connectivity index (χ1) is 8.54. The second-order valence-corrected chi connectivity index (χ2v) is 4.59. The predicted molar refractivity (Wildman–Crippen MR) is 71.1 cm³/mol. The highest BCUT2D eigenvalue weighted by atomic mass is 35.5. The fourth-order valence-electron chi connectivity index (χ4n) is 1.73. The molecule has 1 aromatic rings. The Kier molecular flexibility index (Phi) is 3.59. The Morgan fingerprint density at radius 2 is 2.00 bits per heavy atom. The summed E-state index contributed by atoms with van der Waals surface area (Å²) >= 11 is 11.7. The van der Waals surface area contributed by atoms with E-state index in [4.69, 9.17) is 23.2 Å². The Balaban J connectivity index is 2.32. The minimum absolute atomic E-state index is 0.0467. The van der Waals surface area contributed by atoms with E-state index in [0.717, 1.165) is 4.90 Å². The molecule has 1 aliphatic rings. The molecule has 94 valence electrons. The van der Waals surface area contributed by atoms with Crippen molar-refractivity contribution in [2.45, 2.75) is 0 Å². The molecule has 0 aromatic heterocycles. The first kappa shape index (κ1) is 12.9. The lowest BCUT2D eigenvalue weighted by atomic mass is 10.3. The van der Waals surface area contributed by atoms with Gasteiger partial charge in [0.2, 0.25) is 0 Å². The zero-order valence-electron chi connectivity index (χ0n) is 9.40. The van der Waals surface area contributed by atoms with Crippen LogP contribution in [0.4, 0.5) is 10.5 Å². The fourth-order valence-corrected chi connectivity index (χ4v) is 2.02. The molecule has 0 saturated carbocycles. The lowest BCUT2D eigenvalue weighted by Gasteiger charge is -2.16. The number of benzene rings is 1. The molecule has 1 aromatic carbocycles. The molecule has 0 N–H and O–H groups in total. The summed E-state index contributed by atoms with van der Waals surface area (Å²) in [5.74, 6) is -0.291. The van der Waals surface area contributed by atoms with Crippen molar-refractivity contribution >= 4 is 40.8 Å². The van der Waals surface area contributed by atoms with Crippen LogP contribution in [0.25, 0.3) is 0 Å². The van der Waals surface area contributed by atoms with Crippen molar-refractivity contribution in [1.29, 1.82) is 0 Å². The molecule has 0 unspecified atom stereocenters. The van der Waals surface area contributed by atoms with Crippen LogP contribution in [0.2, 0.25) is 10.0 Å². The normalized spacial score (nSPS) is 15.4. The molecule has 0 spiro atoms. The van der Waals surface area contributed by atoms with Crippen molar-refractivity contribution in [3.8, 4) is 0 Å². The van der Waals surface area contributed by atoms with E-state index in [-0.39, 0.29) is 18.5 Å². The Labute approximate surface area is 114 Å². The highest BCUT2D eigenvalue weighted by Gasteiger charge is 2.36. The van der Waals surface area contributed by atoms with Crippen molar-refractivity contribution in [3.05, 3.63) is 40.9 Å². The van der Waals surface area contributed by atoms with Crippen LogP contribution in [0, 0.1) is 0 Å². The third-order valence-electron chi connectivity index (χ3n) is 2.55. The van der Waals surface area contributed by atoms with Gasteiger partial charge in [-0.3, -0.25) is 4.79 Å². The quantitative estimate of drug-likeness (QED) is 0.633. The van der Waals surface area contributed by atoms with Crippen molar-refractivity contribution in [1.82, 2.24) is 4.90 Å². The van der Waals surface area contributed by atoms with E-state index in [1.807, 2.05) is 0 Å². The number of imide groups is 1. The summed E-state index contributed by atoms with van der Waals surface area (Å²) in [6.45, 7) is 3.93. The Bertz CT molecular complexity index is 531. The number of urea groups is 1. The van der Waals surface area contributed by atoms with Crippen LogP contribution in [0.3, 0.4) is 0 Å². The molecule has 0 bridgehead atoms. The minimum Gasteiger partial charge on any atom is -0.311 e. The molecule has 1 aliphatic heterocycles. The summed E-state index contributed by atoms with van der Waals surface area (Å²) in [6.07, 6.45) is 1.57. The summed E-state index contributed by atoms with van der Waals surface area (Å²) < 4.78 is 0. The fraction of sp³-hybridized carbons (Fsp3) is 0.167. The number of anilines is 1. The Morgan fingerprint density at radius 3 is 2.61 bits per heavy atom.